The van der Waals surface area contributed by atoms with E-state index in [1.807, 2.05) is 17.0 Å². The highest BCUT2D eigenvalue weighted by atomic mass is 32.1. The Morgan fingerprint density at radius 3 is 2.55 bits per heavy atom. The van der Waals surface area contributed by atoms with Crippen LogP contribution in [0.4, 0.5) is 0 Å². The van der Waals surface area contributed by atoms with E-state index < -0.39 is 0 Å². The topological polar surface area (TPSA) is 69.6 Å². The van der Waals surface area contributed by atoms with E-state index in [0.717, 1.165) is 35.1 Å². The van der Waals surface area contributed by atoms with Gasteiger partial charge in [-0.2, -0.15) is 4.68 Å². The van der Waals surface area contributed by atoms with Gasteiger partial charge in [0.1, 0.15) is 0 Å². The Hall–Kier alpha value is -2.05. The normalized spacial score (nSPS) is 11.0. The predicted molar refractivity (Wildman–Crippen MR) is 88.2 cm³/mol. The fourth-order valence-corrected chi connectivity index (χ4v) is 3.12. The van der Waals surface area contributed by atoms with E-state index >= 15 is 0 Å². The Kier molecular flexibility index (Phi) is 4.31. The van der Waals surface area contributed by atoms with Crippen LogP contribution >= 0.6 is 11.3 Å². The van der Waals surface area contributed by atoms with Crippen LogP contribution in [-0.4, -0.2) is 20.0 Å². The van der Waals surface area contributed by atoms with Gasteiger partial charge in [-0.1, -0.05) is 35.0 Å². The molecule has 0 saturated carbocycles. The maximum atomic E-state index is 5.80. The quantitative estimate of drug-likeness (QED) is 0.786. The van der Waals surface area contributed by atoms with Crippen LogP contribution in [0.5, 0.6) is 0 Å². The third-order valence-electron chi connectivity index (χ3n) is 3.60. The van der Waals surface area contributed by atoms with Crippen molar-refractivity contribution in [2.45, 2.75) is 33.2 Å². The molecule has 0 radical (unpaired) electrons. The summed E-state index contributed by atoms with van der Waals surface area (Å²) in [6.45, 7) is 4.47. The third kappa shape index (κ3) is 3.08. The molecule has 1 aromatic carbocycles. The number of aryl methyl sites for hydroxylation is 3. The fraction of sp³-hybridized carbons (Fsp3) is 0.312. The Balaban J connectivity index is 1.85. The summed E-state index contributed by atoms with van der Waals surface area (Å²) in [5, 5.41) is 11.3. The molecule has 0 saturated heterocycles. The van der Waals surface area contributed by atoms with Gasteiger partial charge in [-0.3, -0.25) is 0 Å². The molecule has 0 aliphatic carbocycles. The lowest BCUT2D eigenvalue weighted by Crippen LogP contribution is -2.07. The van der Waals surface area contributed by atoms with Gasteiger partial charge in [0.25, 0.3) is 0 Å². The van der Waals surface area contributed by atoms with E-state index in [1.54, 1.807) is 11.3 Å². The number of hydrogen-bond acceptors (Lipinski definition) is 5. The molecule has 2 N–H and O–H groups in total. The standard InChI is InChI=1S/C16H19N5S/c1-11-3-5-13(6-4-11)7-8-15-14(9-17)19-20-21(15)16-18-12(2)10-22-16/h3-6,10H,7-9,17H2,1-2H3. The summed E-state index contributed by atoms with van der Waals surface area (Å²) in [5.41, 5.74) is 11.3. The highest BCUT2D eigenvalue weighted by Crippen LogP contribution is 2.19. The van der Waals surface area contributed by atoms with Crippen LogP contribution in [0.15, 0.2) is 29.6 Å². The van der Waals surface area contributed by atoms with Gasteiger partial charge in [-0.15, -0.1) is 16.4 Å². The van der Waals surface area contributed by atoms with Crippen LogP contribution in [-0.2, 0) is 19.4 Å². The summed E-state index contributed by atoms with van der Waals surface area (Å²) in [6.07, 6.45) is 1.78. The van der Waals surface area contributed by atoms with Crippen molar-refractivity contribution in [2.75, 3.05) is 0 Å². The van der Waals surface area contributed by atoms with Crippen LogP contribution in [0.1, 0.15) is 28.2 Å². The monoisotopic (exact) mass is 313 g/mol. The molecule has 3 rings (SSSR count). The van der Waals surface area contributed by atoms with E-state index in [1.165, 1.54) is 11.1 Å². The molecule has 0 aliphatic rings. The largest absolute Gasteiger partial charge is 0.325 e. The summed E-state index contributed by atoms with van der Waals surface area (Å²) in [7, 11) is 0. The SMILES string of the molecule is Cc1ccc(CCc2c(CN)nnn2-c2nc(C)cs2)cc1. The molecule has 0 spiro atoms. The molecule has 5 nitrogen and oxygen atoms in total. The molecule has 2 heterocycles. The van der Waals surface area contributed by atoms with Crippen LogP contribution in [0.25, 0.3) is 5.13 Å². The first-order chi connectivity index (χ1) is 10.7. The molecule has 0 atom stereocenters. The zero-order valence-electron chi connectivity index (χ0n) is 12.8. The van der Waals surface area contributed by atoms with Crippen molar-refractivity contribution < 1.29 is 0 Å². The van der Waals surface area contributed by atoms with Crippen LogP contribution in [0.3, 0.4) is 0 Å². The van der Waals surface area contributed by atoms with Gasteiger partial charge in [0.15, 0.2) is 0 Å². The highest BCUT2D eigenvalue weighted by Gasteiger charge is 2.15. The van der Waals surface area contributed by atoms with Crippen molar-refractivity contribution in [1.82, 2.24) is 20.0 Å². The van der Waals surface area contributed by atoms with Gasteiger partial charge in [-0.05, 0) is 32.3 Å². The van der Waals surface area contributed by atoms with Crippen molar-refractivity contribution in [3.63, 3.8) is 0 Å². The van der Waals surface area contributed by atoms with E-state index in [-0.39, 0.29) is 0 Å². The molecule has 0 bridgehead atoms. The Bertz CT molecular complexity index is 757. The predicted octanol–water partition coefficient (Wildman–Crippen LogP) is 2.58. The first-order valence-electron chi connectivity index (χ1n) is 7.29. The van der Waals surface area contributed by atoms with E-state index in [2.05, 4.69) is 46.5 Å². The number of benzene rings is 1. The molecule has 114 valence electrons. The highest BCUT2D eigenvalue weighted by molar-refractivity contribution is 7.12. The minimum absolute atomic E-state index is 0.396. The van der Waals surface area contributed by atoms with Gasteiger partial charge < -0.3 is 5.73 Å². The van der Waals surface area contributed by atoms with E-state index in [9.17, 15) is 0 Å². The lowest BCUT2D eigenvalue weighted by atomic mass is 10.1. The molecule has 6 heteroatoms. The number of thiazole rings is 1. The van der Waals surface area contributed by atoms with Crippen molar-refractivity contribution in [3.05, 3.63) is 57.9 Å². The molecule has 0 unspecified atom stereocenters. The molecule has 3 aromatic rings. The van der Waals surface area contributed by atoms with Gasteiger partial charge in [0, 0.05) is 11.9 Å². The second-order valence-electron chi connectivity index (χ2n) is 5.36. The maximum Gasteiger partial charge on any atom is 0.212 e. The molecule has 2 aromatic heterocycles. The summed E-state index contributed by atoms with van der Waals surface area (Å²) in [4.78, 5) is 4.49. The van der Waals surface area contributed by atoms with Crippen molar-refractivity contribution >= 4 is 11.3 Å². The van der Waals surface area contributed by atoms with Gasteiger partial charge in [-0.25, -0.2) is 4.98 Å². The summed E-state index contributed by atoms with van der Waals surface area (Å²) in [5.74, 6) is 0. The minimum atomic E-state index is 0.396. The zero-order valence-corrected chi connectivity index (χ0v) is 13.6. The Labute approximate surface area is 133 Å². The molecular weight excluding hydrogens is 294 g/mol. The molecule has 22 heavy (non-hydrogen) atoms. The summed E-state index contributed by atoms with van der Waals surface area (Å²) < 4.78 is 1.83. The third-order valence-corrected chi connectivity index (χ3v) is 4.53. The smallest absolute Gasteiger partial charge is 0.212 e. The van der Waals surface area contributed by atoms with Crippen molar-refractivity contribution in [1.29, 1.82) is 0 Å². The molecule has 0 fully saturated rings. The summed E-state index contributed by atoms with van der Waals surface area (Å²) >= 11 is 1.57. The number of nitrogens with two attached hydrogens (primary N) is 1. The minimum Gasteiger partial charge on any atom is -0.325 e. The average Bonchev–Trinajstić information content (AvgIpc) is 3.12. The Morgan fingerprint density at radius 1 is 1.14 bits per heavy atom. The Morgan fingerprint density at radius 2 is 1.91 bits per heavy atom. The van der Waals surface area contributed by atoms with Crippen LogP contribution in [0.2, 0.25) is 0 Å². The second kappa shape index (κ2) is 6.37. The lowest BCUT2D eigenvalue weighted by Gasteiger charge is -2.06. The van der Waals surface area contributed by atoms with Gasteiger partial charge >= 0.3 is 0 Å². The molecule has 0 aliphatic heterocycles. The van der Waals surface area contributed by atoms with Crippen LogP contribution < -0.4 is 5.73 Å². The summed E-state index contributed by atoms with van der Waals surface area (Å²) in [6, 6.07) is 8.61. The van der Waals surface area contributed by atoms with Crippen molar-refractivity contribution in [2.24, 2.45) is 5.73 Å². The number of aromatic nitrogens is 4. The van der Waals surface area contributed by atoms with E-state index in [0.29, 0.717) is 6.54 Å². The number of rotatable bonds is 5. The second-order valence-corrected chi connectivity index (χ2v) is 6.19. The average molecular weight is 313 g/mol. The van der Waals surface area contributed by atoms with Crippen molar-refractivity contribution in [3.8, 4) is 5.13 Å². The molecule has 0 amide bonds. The molecular formula is C16H19N5S. The number of nitrogens with zero attached hydrogens (tertiary/aromatic N) is 4. The van der Waals surface area contributed by atoms with E-state index in [4.69, 9.17) is 5.73 Å². The van der Waals surface area contributed by atoms with Gasteiger partial charge in [0.2, 0.25) is 5.13 Å². The van der Waals surface area contributed by atoms with Gasteiger partial charge in [0.05, 0.1) is 17.1 Å². The first-order valence-corrected chi connectivity index (χ1v) is 8.17. The number of hydrogen-bond donors (Lipinski definition) is 1. The maximum absolute atomic E-state index is 5.80. The van der Waals surface area contributed by atoms with Crippen LogP contribution in [0, 0.1) is 13.8 Å². The zero-order chi connectivity index (χ0) is 15.5. The first kappa shape index (κ1) is 14.9. The fourth-order valence-electron chi connectivity index (χ4n) is 2.35. The lowest BCUT2D eigenvalue weighted by molar-refractivity contribution is 0.745.